The Morgan fingerprint density at radius 1 is 1.38 bits per heavy atom. The maximum atomic E-state index is 11.7. The van der Waals surface area contributed by atoms with Crippen LogP contribution in [0.1, 0.15) is 5.69 Å². The average molecular weight is 222 g/mol. The fourth-order valence-corrected chi connectivity index (χ4v) is 1.47. The Balaban J connectivity index is 1.99. The van der Waals surface area contributed by atoms with Crippen LogP contribution in [0.2, 0.25) is 0 Å². The van der Waals surface area contributed by atoms with Gasteiger partial charge in [-0.15, -0.1) is 0 Å². The van der Waals surface area contributed by atoms with Crippen molar-refractivity contribution in [2.45, 2.75) is 6.42 Å². The van der Waals surface area contributed by atoms with Crippen LogP contribution < -0.4 is 5.32 Å². The van der Waals surface area contributed by atoms with Crippen molar-refractivity contribution in [3.05, 3.63) is 18.0 Å². The van der Waals surface area contributed by atoms with Gasteiger partial charge >= 0.3 is 0 Å². The summed E-state index contributed by atoms with van der Waals surface area (Å²) in [6.07, 6.45) is 1.65. The molecule has 7 nitrogen and oxygen atoms in total. The first kappa shape index (κ1) is 10.3. The maximum absolute atomic E-state index is 11.7. The molecule has 2 heterocycles. The molecular formula is C9H10N4O3. The predicted molar refractivity (Wildman–Crippen MR) is 52.0 cm³/mol. The van der Waals surface area contributed by atoms with E-state index in [1.807, 2.05) is 0 Å². The van der Waals surface area contributed by atoms with Crippen LogP contribution in [0.15, 0.2) is 12.3 Å². The van der Waals surface area contributed by atoms with Crippen molar-refractivity contribution in [1.82, 2.24) is 20.4 Å². The van der Waals surface area contributed by atoms with Crippen molar-refractivity contribution < 1.29 is 14.4 Å². The SMILES string of the molecule is O=C1CN(C(=O)Cc2ccn[nH]2)CC(=O)N1. The van der Waals surface area contributed by atoms with Crippen LogP contribution in [0, 0.1) is 0 Å². The van der Waals surface area contributed by atoms with Crippen molar-refractivity contribution >= 4 is 17.7 Å². The second-order valence-corrected chi connectivity index (χ2v) is 3.48. The molecule has 84 valence electrons. The Kier molecular flexibility index (Phi) is 2.67. The third-order valence-electron chi connectivity index (χ3n) is 2.20. The normalized spacial score (nSPS) is 16.1. The van der Waals surface area contributed by atoms with Gasteiger partial charge in [0.1, 0.15) is 13.1 Å². The number of rotatable bonds is 2. The summed E-state index contributed by atoms with van der Waals surface area (Å²) in [5.74, 6) is -1.17. The minimum absolute atomic E-state index is 0.0707. The molecule has 0 bridgehead atoms. The number of aromatic amines is 1. The number of carbonyl (C=O) groups is 3. The molecule has 1 saturated heterocycles. The van der Waals surface area contributed by atoms with Gasteiger partial charge in [-0.05, 0) is 6.07 Å². The zero-order chi connectivity index (χ0) is 11.5. The zero-order valence-corrected chi connectivity index (χ0v) is 8.40. The van der Waals surface area contributed by atoms with Gasteiger partial charge in [-0.3, -0.25) is 24.8 Å². The van der Waals surface area contributed by atoms with Gasteiger partial charge < -0.3 is 4.90 Å². The first-order chi connectivity index (χ1) is 7.65. The molecule has 1 aliphatic heterocycles. The summed E-state index contributed by atoms with van der Waals surface area (Å²) in [5, 5.41) is 8.49. The van der Waals surface area contributed by atoms with E-state index in [4.69, 9.17) is 0 Å². The highest BCUT2D eigenvalue weighted by Gasteiger charge is 2.26. The molecule has 1 fully saturated rings. The smallest absolute Gasteiger partial charge is 0.246 e. The Bertz CT molecular complexity index is 410. The summed E-state index contributed by atoms with van der Waals surface area (Å²) in [6, 6.07) is 1.67. The third kappa shape index (κ3) is 2.25. The molecule has 0 saturated carbocycles. The lowest BCUT2D eigenvalue weighted by atomic mass is 10.2. The second-order valence-electron chi connectivity index (χ2n) is 3.48. The number of aromatic nitrogens is 2. The molecule has 0 aromatic carbocycles. The number of imide groups is 1. The third-order valence-corrected chi connectivity index (χ3v) is 2.20. The van der Waals surface area contributed by atoms with Crippen molar-refractivity contribution in [1.29, 1.82) is 0 Å². The molecule has 1 aromatic heterocycles. The van der Waals surface area contributed by atoms with Crippen molar-refractivity contribution in [2.24, 2.45) is 0 Å². The Morgan fingerprint density at radius 2 is 2.06 bits per heavy atom. The van der Waals surface area contributed by atoms with E-state index < -0.39 is 11.8 Å². The van der Waals surface area contributed by atoms with Crippen LogP contribution in [-0.2, 0) is 20.8 Å². The molecule has 2 N–H and O–H groups in total. The van der Waals surface area contributed by atoms with E-state index in [0.717, 1.165) is 0 Å². The van der Waals surface area contributed by atoms with Gasteiger partial charge in [-0.2, -0.15) is 5.10 Å². The van der Waals surface area contributed by atoms with Gasteiger partial charge in [-0.1, -0.05) is 0 Å². The van der Waals surface area contributed by atoms with Crippen LogP contribution >= 0.6 is 0 Å². The summed E-state index contributed by atoms with van der Waals surface area (Å²) in [7, 11) is 0. The first-order valence-corrected chi connectivity index (χ1v) is 4.74. The fourth-order valence-electron chi connectivity index (χ4n) is 1.47. The highest BCUT2D eigenvalue weighted by Crippen LogP contribution is 2.01. The van der Waals surface area contributed by atoms with Crippen molar-refractivity contribution in [2.75, 3.05) is 13.1 Å². The Labute approximate surface area is 90.8 Å². The molecule has 16 heavy (non-hydrogen) atoms. The van der Waals surface area contributed by atoms with Gasteiger partial charge in [0, 0.05) is 11.9 Å². The van der Waals surface area contributed by atoms with E-state index in [1.165, 1.54) is 11.1 Å². The Morgan fingerprint density at radius 3 is 2.62 bits per heavy atom. The minimum Gasteiger partial charge on any atom is -0.324 e. The topological polar surface area (TPSA) is 95.2 Å². The lowest BCUT2D eigenvalue weighted by Crippen LogP contribution is -2.53. The summed E-state index contributed by atoms with van der Waals surface area (Å²) in [4.78, 5) is 35.0. The minimum atomic E-state index is -0.450. The fraction of sp³-hybridized carbons (Fsp3) is 0.333. The average Bonchev–Trinajstić information content (AvgIpc) is 2.68. The van der Waals surface area contributed by atoms with E-state index in [9.17, 15) is 14.4 Å². The lowest BCUT2D eigenvalue weighted by molar-refractivity contribution is -0.145. The number of H-pyrrole nitrogens is 1. The van der Waals surface area contributed by atoms with Gasteiger partial charge in [-0.25, -0.2) is 0 Å². The van der Waals surface area contributed by atoms with Crippen molar-refractivity contribution in [3.8, 4) is 0 Å². The standard InChI is InChI=1S/C9H10N4O3/c14-7-4-13(5-8(15)11-7)9(16)3-6-1-2-10-12-6/h1-2H,3-5H2,(H,10,12)(H,11,14,15). The molecule has 1 aromatic rings. The molecule has 2 rings (SSSR count). The van der Waals surface area contributed by atoms with E-state index in [0.29, 0.717) is 5.69 Å². The predicted octanol–water partition coefficient (Wildman–Crippen LogP) is -1.56. The van der Waals surface area contributed by atoms with E-state index in [2.05, 4.69) is 15.5 Å². The molecule has 0 unspecified atom stereocenters. The maximum Gasteiger partial charge on any atom is 0.246 e. The molecule has 0 spiro atoms. The highest BCUT2D eigenvalue weighted by molar-refractivity contribution is 6.02. The number of piperazine rings is 1. The Hall–Kier alpha value is -2.18. The molecule has 7 heteroatoms. The van der Waals surface area contributed by atoms with E-state index >= 15 is 0 Å². The molecule has 1 aliphatic rings. The largest absolute Gasteiger partial charge is 0.324 e. The number of nitrogens with zero attached hydrogens (tertiary/aromatic N) is 2. The first-order valence-electron chi connectivity index (χ1n) is 4.74. The van der Waals surface area contributed by atoms with Gasteiger partial charge in [0.05, 0.1) is 6.42 Å². The van der Waals surface area contributed by atoms with Crippen LogP contribution in [0.5, 0.6) is 0 Å². The summed E-state index contributed by atoms with van der Waals surface area (Å²) in [5.41, 5.74) is 0.656. The van der Waals surface area contributed by atoms with Crippen LogP contribution in [0.3, 0.4) is 0 Å². The van der Waals surface area contributed by atoms with Gasteiger partial charge in [0.25, 0.3) is 0 Å². The highest BCUT2D eigenvalue weighted by atomic mass is 16.2. The zero-order valence-electron chi connectivity index (χ0n) is 8.40. The number of hydrogen-bond acceptors (Lipinski definition) is 4. The number of nitrogens with one attached hydrogen (secondary N) is 2. The van der Waals surface area contributed by atoms with E-state index in [1.54, 1.807) is 6.07 Å². The van der Waals surface area contributed by atoms with Gasteiger partial charge in [0.15, 0.2) is 0 Å². The van der Waals surface area contributed by atoms with Crippen LogP contribution in [0.4, 0.5) is 0 Å². The summed E-state index contributed by atoms with van der Waals surface area (Å²) < 4.78 is 0. The van der Waals surface area contributed by atoms with Gasteiger partial charge in [0.2, 0.25) is 17.7 Å². The molecule has 0 aliphatic carbocycles. The summed E-state index contributed by atoms with van der Waals surface area (Å²) in [6.45, 7) is -0.141. The molecule has 0 radical (unpaired) electrons. The van der Waals surface area contributed by atoms with Crippen molar-refractivity contribution in [3.63, 3.8) is 0 Å². The molecule has 0 atom stereocenters. The number of carbonyl (C=O) groups excluding carboxylic acids is 3. The number of amides is 3. The molecular weight excluding hydrogens is 212 g/mol. The van der Waals surface area contributed by atoms with Crippen LogP contribution in [-0.4, -0.2) is 45.9 Å². The monoisotopic (exact) mass is 222 g/mol. The quantitative estimate of drug-likeness (QED) is 0.591. The van der Waals surface area contributed by atoms with E-state index in [-0.39, 0.29) is 25.4 Å². The number of hydrogen-bond donors (Lipinski definition) is 2. The summed E-state index contributed by atoms with van der Waals surface area (Å²) >= 11 is 0. The second kappa shape index (κ2) is 4.13. The lowest BCUT2D eigenvalue weighted by Gasteiger charge is -2.25. The molecule has 3 amide bonds. The van der Waals surface area contributed by atoms with Crippen LogP contribution in [0.25, 0.3) is 0 Å².